The van der Waals surface area contributed by atoms with E-state index in [1.54, 1.807) is 29.3 Å². The largest absolute Gasteiger partial charge is 1.00 e. The van der Waals surface area contributed by atoms with E-state index in [-0.39, 0.29) is 75.4 Å². The third kappa shape index (κ3) is 18.0. The Morgan fingerprint density at radius 2 is 0.967 bits per heavy atom. The van der Waals surface area contributed by atoms with Crippen LogP contribution in [0.25, 0.3) is 0 Å². The van der Waals surface area contributed by atoms with Crippen LogP contribution in [0.3, 0.4) is 0 Å². The van der Waals surface area contributed by atoms with Crippen molar-refractivity contribution in [2.45, 2.75) is 97.3 Å². The average Bonchev–Trinajstić information content (AvgIpc) is 3.15. The van der Waals surface area contributed by atoms with Crippen molar-refractivity contribution in [3.63, 3.8) is 0 Å². The molecule has 5 aliphatic rings. The summed E-state index contributed by atoms with van der Waals surface area (Å²) >= 11 is 3.43. The molecule has 1 saturated heterocycles. The minimum absolute atomic E-state index is 0. The van der Waals surface area contributed by atoms with Gasteiger partial charge in [0.1, 0.15) is 0 Å². The molecule has 0 N–H and O–H groups in total. The van der Waals surface area contributed by atoms with E-state index in [0.29, 0.717) is 0 Å². The molecular weight excluding hydrogens is 861 g/mol. The predicted octanol–water partition coefficient (Wildman–Crippen LogP) is -1.55. The molecule has 4 aliphatic carbocycles. The van der Waals surface area contributed by atoms with Gasteiger partial charge in [0, 0.05) is 12.8 Å². The van der Waals surface area contributed by atoms with Crippen LogP contribution in [0.1, 0.15) is 64.3 Å². The maximum atomic E-state index is 12.0. The van der Waals surface area contributed by atoms with E-state index in [1.165, 1.54) is 100 Å². The number of fused-ring (bicyclic) bond motifs is 4. The molecule has 1 unspecified atom stereocenters. The van der Waals surface area contributed by atoms with Gasteiger partial charge in [-0.05, 0) is 79.7 Å². The molecule has 0 saturated carbocycles. The Labute approximate surface area is 430 Å². The van der Waals surface area contributed by atoms with E-state index in [2.05, 4.69) is 123 Å². The number of hydrogen-bond donors (Lipinski definition) is 0. The molecule has 0 aromatic heterocycles. The number of unbranched alkanes of at least 4 members (excludes halogenated alkanes) is 1. The van der Waals surface area contributed by atoms with Crippen molar-refractivity contribution < 1.29 is 92.6 Å². The summed E-state index contributed by atoms with van der Waals surface area (Å²) in [5.74, 6) is 0. The normalized spacial score (nSPS) is 21.6. The van der Waals surface area contributed by atoms with Crippen molar-refractivity contribution in [3.8, 4) is 0 Å². The molecular formula is C48H61BrLi4O4Si4. The second-order valence-corrected chi connectivity index (χ2v) is 29.3. The molecule has 1 aliphatic heterocycles. The Bertz CT molecular complexity index is 1870. The van der Waals surface area contributed by atoms with Crippen molar-refractivity contribution in [1.29, 1.82) is 0 Å². The first-order chi connectivity index (χ1) is 27.1. The molecule has 4 aromatic carbocycles. The fraction of sp³-hybridized carbons (Fsp3) is 0.312. The van der Waals surface area contributed by atoms with Crippen molar-refractivity contribution in [3.05, 3.63) is 190 Å². The molecule has 61 heavy (non-hydrogen) atoms. The van der Waals surface area contributed by atoms with E-state index < -0.39 is 34.0 Å². The molecule has 1 atom stereocenters. The fourth-order valence-electron chi connectivity index (χ4n) is 6.44. The molecule has 1 fully saturated rings. The zero-order valence-electron chi connectivity index (χ0n) is 38.9. The Balaban J connectivity index is 0.000000721. The molecule has 0 bridgehead atoms. The smallest absolute Gasteiger partial charge is 0.852 e. The molecule has 4 aromatic rings. The van der Waals surface area contributed by atoms with Gasteiger partial charge in [-0.2, -0.15) is 77.2 Å². The Kier molecular flexibility index (Phi) is 28.2. The molecule has 13 heteroatoms. The van der Waals surface area contributed by atoms with E-state index >= 15 is 0 Å². The van der Waals surface area contributed by atoms with Gasteiger partial charge < -0.3 is 24.1 Å². The standard InChI is InChI=1S/C11H13OSi.C9H18O3Si3.C8H7Br.2C8H7.C4H9.4Li/c1-3-13(2,12)11-7-6-9-4-5-10(9)8-11;1-7-13(4)10-14(5,8-2)12-15(6,9-3)11-13;9-8-4-3-6-1-2-7(6)5-8;2*1-2-4-8-6-5-7(8)3-1;1-3-4-2;;;;/h3,6-8H,1,4-5H2,2H3;7-9H,1-3H2,4-6H3;3-5H,1-2H2;2*1,3-4H,5-6H2;1,3-4H2,2H3;;;;/q-1;;;3*-1;4*+1. The summed E-state index contributed by atoms with van der Waals surface area (Å²) in [7, 11) is -9.47. The third-order valence-electron chi connectivity index (χ3n) is 10.8. The molecule has 4 nitrogen and oxygen atoms in total. The van der Waals surface area contributed by atoms with Gasteiger partial charge in [0.25, 0.3) is 0 Å². The number of halogens is 1. The van der Waals surface area contributed by atoms with Gasteiger partial charge in [-0.15, -0.1) is 32.0 Å². The molecule has 0 radical (unpaired) electrons. The second kappa shape index (κ2) is 28.5. The first kappa shape index (κ1) is 60.4. The predicted molar refractivity (Wildman–Crippen MR) is 251 cm³/mol. The number of rotatable bonds is 6. The number of benzene rings is 4. The summed E-state index contributed by atoms with van der Waals surface area (Å²) in [4.78, 5) is 12.0. The van der Waals surface area contributed by atoms with Gasteiger partial charge in [-0.1, -0.05) is 108 Å². The van der Waals surface area contributed by atoms with Crippen LogP contribution in [0.15, 0.2) is 126 Å². The summed E-state index contributed by atoms with van der Waals surface area (Å²) in [5, 5.41) is 0.973. The van der Waals surface area contributed by atoms with Crippen LogP contribution in [0.4, 0.5) is 0 Å². The van der Waals surface area contributed by atoms with Crippen LogP contribution in [-0.2, 0) is 63.7 Å². The number of aryl methyl sites for hydroxylation is 8. The van der Waals surface area contributed by atoms with Gasteiger partial charge in [0.2, 0.25) is 0 Å². The minimum Gasteiger partial charge on any atom is -0.852 e. The summed E-state index contributed by atoms with van der Waals surface area (Å²) in [6, 6.07) is 31.2. The van der Waals surface area contributed by atoms with Gasteiger partial charge in [0.05, 0.1) is 0 Å². The fourth-order valence-corrected chi connectivity index (χ4v) is 21.2. The van der Waals surface area contributed by atoms with Crippen LogP contribution in [0, 0.1) is 19.1 Å². The molecule has 0 spiro atoms. The van der Waals surface area contributed by atoms with E-state index in [1.807, 2.05) is 37.8 Å². The van der Waals surface area contributed by atoms with Gasteiger partial charge in [-0.3, -0.25) is 0 Å². The van der Waals surface area contributed by atoms with Crippen LogP contribution < -0.4 is 85.4 Å². The van der Waals surface area contributed by atoms with Crippen LogP contribution in [-0.4, -0.2) is 34.0 Å². The van der Waals surface area contributed by atoms with Crippen LogP contribution in [0.5, 0.6) is 0 Å². The SMILES string of the molecule is Brc1ccc2c(c1)CC2.C=C[Si](C)([O-])c1ccc2c(c1)CC2.C=C[Si]1(C)O[Si](C)(C=C)O[Si](C)(C=C)O1.[CH2-]CCC.[Li+].[Li+].[Li+].[Li+].[c-]1ccc2c(c1)CC2.[c-]1ccc2c(c1)CC2. The monoisotopic (exact) mass is 920 g/mol. The average molecular weight is 922 g/mol. The Morgan fingerprint density at radius 1 is 0.623 bits per heavy atom. The first-order valence-corrected chi connectivity index (χ1v) is 30.6. The van der Waals surface area contributed by atoms with E-state index in [9.17, 15) is 4.80 Å². The van der Waals surface area contributed by atoms with Crippen LogP contribution >= 0.6 is 15.9 Å². The maximum Gasteiger partial charge on any atom is 1.00 e. The maximum absolute atomic E-state index is 12.0. The molecule has 0 amide bonds. The summed E-state index contributed by atoms with van der Waals surface area (Å²) in [6.07, 6.45) is 12.3. The second-order valence-electron chi connectivity index (χ2n) is 15.4. The Hall–Kier alpha value is -0.583. The number of hydrogen-bond acceptors (Lipinski definition) is 4. The van der Waals surface area contributed by atoms with Gasteiger partial charge >= 0.3 is 101 Å². The summed E-state index contributed by atoms with van der Waals surface area (Å²) in [5.41, 5.74) is 18.8. The molecule has 9 rings (SSSR count). The third-order valence-corrected chi connectivity index (χ3v) is 25.5. The molecule has 1 heterocycles. The van der Waals surface area contributed by atoms with Crippen molar-refractivity contribution in [2.75, 3.05) is 0 Å². The van der Waals surface area contributed by atoms with Gasteiger partial charge in [0.15, 0.2) is 0 Å². The first-order valence-electron chi connectivity index (χ1n) is 20.1. The molecule has 304 valence electrons. The van der Waals surface area contributed by atoms with E-state index in [4.69, 9.17) is 12.3 Å². The Morgan fingerprint density at radius 3 is 1.20 bits per heavy atom. The summed E-state index contributed by atoms with van der Waals surface area (Å²) < 4.78 is 19.0. The topological polar surface area (TPSA) is 50.8 Å². The van der Waals surface area contributed by atoms with Gasteiger partial charge in [-0.25, -0.2) is 0 Å². The zero-order chi connectivity index (χ0) is 41.7. The van der Waals surface area contributed by atoms with Crippen LogP contribution in [0.2, 0.25) is 26.2 Å². The van der Waals surface area contributed by atoms with E-state index in [0.717, 1.165) is 18.0 Å². The quantitative estimate of drug-likeness (QED) is 0.174. The van der Waals surface area contributed by atoms with Crippen molar-refractivity contribution >= 4 is 55.1 Å². The minimum atomic E-state index is -2.56. The zero-order valence-corrected chi connectivity index (χ0v) is 44.4. The van der Waals surface area contributed by atoms with Crippen molar-refractivity contribution in [1.82, 2.24) is 0 Å². The van der Waals surface area contributed by atoms with Crippen molar-refractivity contribution in [2.24, 2.45) is 0 Å². The summed E-state index contributed by atoms with van der Waals surface area (Å²) in [6.45, 7) is 28.4.